The van der Waals surface area contributed by atoms with Gasteiger partial charge in [0.05, 0.1) is 6.54 Å². The van der Waals surface area contributed by atoms with E-state index in [2.05, 4.69) is 81.9 Å². The van der Waals surface area contributed by atoms with E-state index in [-0.39, 0.29) is 6.10 Å². The van der Waals surface area contributed by atoms with Crippen molar-refractivity contribution in [2.45, 2.75) is 39.0 Å². The lowest BCUT2D eigenvalue weighted by Gasteiger charge is -2.14. The Morgan fingerprint density at radius 3 is 2.85 bits per heavy atom. The lowest BCUT2D eigenvalue weighted by Crippen LogP contribution is -2.35. The van der Waals surface area contributed by atoms with Crippen molar-refractivity contribution >= 4 is 17.0 Å². The summed E-state index contributed by atoms with van der Waals surface area (Å²) in [5.74, 6) is 0. The van der Waals surface area contributed by atoms with Crippen LogP contribution in [-0.2, 0) is 17.8 Å². The van der Waals surface area contributed by atoms with E-state index in [4.69, 9.17) is 4.74 Å². The Labute approximate surface area is 160 Å². The van der Waals surface area contributed by atoms with Crippen LogP contribution in [-0.4, -0.2) is 17.7 Å². The third-order valence-corrected chi connectivity index (χ3v) is 5.24. The van der Waals surface area contributed by atoms with E-state index in [0.717, 1.165) is 44.8 Å². The average Bonchev–Trinajstić information content (AvgIpc) is 3.34. The predicted molar refractivity (Wildman–Crippen MR) is 107 cm³/mol. The van der Waals surface area contributed by atoms with Gasteiger partial charge in [-0.15, -0.1) is 11.3 Å². The minimum absolute atomic E-state index is 0.129. The Balaban J connectivity index is 1.52. The third-order valence-electron chi connectivity index (χ3n) is 4.27. The van der Waals surface area contributed by atoms with Gasteiger partial charge in [-0.25, -0.2) is 9.13 Å². The molecule has 0 fully saturated rings. The number of hydrogen-bond donors (Lipinski definition) is 1. The number of thiophene rings is 1. The number of benzene rings is 1. The fourth-order valence-electron chi connectivity index (χ4n) is 2.83. The van der Waals surface area contributed by atoms with E-state index in [9.17, 15) is 0 Å². The van der Waals surface area contributed by atoms with Crippen LogP contribution in [0.5, 0.6) is 0 Å². The molecule has 1 N–H and O–H groups in total. The van der Waals surface area contributed by atoms with Crippen LogP contribution < -0.4 is 9.88 Å². The van der Waals surface area contributed by atoms with Gasteiger partial charge in [-0.05, 0) is 30.0 Å². The van der Waals surface area contributed by atoms with Gasteiger partial charge in [-0.3, -0.25) is 0 Å². The normalized spacial score (nSPS) is 12.2. The van der Waals surface area contributed by atoms with E-state index in [1.54, 1.807) is 11.3 Å². The maximum absolute atomic E-state index is 6.15. The SMILES string of the molecule is CCCCOC(C[n+]1ccn(CCNc2ccccc2)c1)c1cccs1. The second-order valence-corrected chi connectivity index (χ2v) is 7.35. The van der Waals surface area contributed by atoms with Crippen molar-refractivity contribution < 1.29 is 9.30 Å². The predicted octanol–water partition coefficient (Wildman–Crippen LogP) is 4.51. The zero-order valence-corrected chi connectivity index (χ0v) is 16.2. The van der Waals surface area contributed by atoms with Crippen LogP contribution in [0, 0.1) is 0 Å². The van der Waals surface area contributed by atoms with E-state index >= 15 is 0 Å². The quantitative estimate of drug-likeness (QED) is 0.398. The number of hydrogen-bond acceptors (Lipinski definition) is 3. The van der Waals surface area contributed by atoms with Crippen LogP contribution in [0.25, 0.3) is 0 Å². The lowest BCUT2D eigenvalue weighted by atomic mass is 10.3. The summed E-state index contributed by atoms with van der Waals surface area (Å²) in [5, 5.41) is 5.57. The molecule has 0 saturated carbocycles. The molecule has 1 unspecified atom stereocenters. The molecule has 1 atom stereocenters. The Hall–Kier alpha value is -2.11. The second-order valence-electron chi connectivity index (χ2n) is 6.37. The second kappa shape index (κ2) is 10.1. The van der Waals surface area contributed by atoms with Gasteiger partial charge in [0.25, 0.3) is 0 Å². The summed E-state index contributed by atoms with van der Waals surface area (Å²) in [6, 6.07) is 14.6. The minimum Gasteiger partial charge on any atom is -0.381 e. The summed E-state index contributed by atoms with van der Waals surface area (Å²) in [5.41, 5.74) is 1.16. The number of unbranched alkanes of at least 4 members (excludes halogenated alkanes) is 1. The van der Waals surface area contributed by atoms with Crippen LogP contribution in [0.3, 0.4) is 0 Å². The largest absolute Gasteiger partial charge is 0.381 e. The molecule has 4 nitrogen and oxygen atoms in total. The summed E-state index contributed by atoms with van der Waals surface area (Å²) in [6.07, 6.45) is 8.82. The molecule has 0 aliphatic rings. The summed E-state index contributed by atoms with van der Waals surface area (Å²) < 4.78 is 10.6. The van der Waals surface area contributed by atoms with E-state index in [1.165, 1.54) is 4.88 Å². The maximum Gasteiger partial charge on any atom is 0.243 e. The van der Waals surface area contributed by atoms with Crippen LogP contribution in [0.2, 0.25) is 0 Å². The fraction of sp³-hybridized carbons (Fsp3) is 0.381. The molecule has 3 aromatic rings. The Morgan fingerprint density at radius 1 is 1.19 bits per heavy atom. The molecule has 1 aromatic carbocycles. The molecule has 5 heteroatoms. The molecule has 2 heterocycles. The molecule has 0 amide bonds. The summed E-state index contributed by atoms with van der Waals surface area (Å²) in [4.78, 5) is 1.30. The van der Waals surface area contributed by atoms with Gasteiger partial charge in [0.15, 0.2) is 0 Å². The number of anilines is 1. The Bertz CT molecular complexity index is 740. The van der Waals surface area contributed by atoms with E-state index < -0.39 is 0 Å². The van der Waals surface area contributed by atoms with Crippen molar-refractivity contribution in [3.8, 4) is 0 Å². The maximum atomic E-state index is 6.15. The number of ether oxygens (including phenoxy) is 1. The van der Waals surface area contributed by atoms with Crippen LogP contribution >= 0.6 is 11.3 Å². The molecule has 2 aromatic heterocycles. The molecule has 138 valence electrons. The molecule has 26 heavy (non-hydrogen) atoms. The highest BCUT2D eigenvalue weighted by Gasteiger charge is 2.17. The number of imidazole rings is 1. The highest BCUT2D eigenvalue weighted by molar-refractivity contribution is 7.10. The fourth-order valence-corrected chi connectivity index (χ4v) is 3.59. The summed E-state index contributed by atoms with van der Waals surface area (Å²) >= 11 is 1.77. The number of para-hydroxylation sites is 1. The first-order chi connectivity index (χ1) is 12.8. The summed E-state index contributed by atoms with van der Waals surface area (Å²) in [7, 11) is 0. The standard InChI is InChI=1S/C21H28N3OS/c1-2-3-15-25-20(21-10-7-16-26-21)17-24-14-13-23(18-24)12-11-22-19-8-5-4-6-9-19/h4-10,13-14,16,18,20,22H,2-3,11-12,15,17H2,1H3/q+1. The molecule has 3 rings (SSSR count). The van der Waals surface area contributed by atoms with Gasteiger partial charge in [0, 0.05) is 17.2 Å². The smallest absolute Gasteiger partial charge is 0.243 e. The van der Waals surface area contributed by atoms with Crippen molar-refractivity contribution in [1.82, 2.24) is 4.57 Å². The Morgan fingerprint density at radius 2 is 2.08 bits per heavy atom. The highest BCUT2D eigenvalue weighted by atomic mass is 32.1. The topological polar surface area (TPSA) is 30.1 Å². The first-order valence-electron chi connectivity index (χ1n) is 9.34. The molecule has 0 bridgehead atoms. The average molecular weight is 371 g/mol. The zero-order valence-electron chi connectivity index (χ0n) is 15.4. The van der Waals surface area contributed by atoms with Crippen molar-refractivity contribution in [3.05, 3.63) is 71.4 Å². The lowest BCUT2D eigenvalue weighted by molar-refractivity contribution is -0.704. The zero-order chi connectivity index (χ0) is 18.0. The molecule has 0 spiro atoms. The number of aromatic nitrogens is 2. The van der Waals surface area contributed by atoms with Gasteiger partial charge in [-0.1, -0.05) is 37.6 Å². The first-order valence-corrected chi connectivity index (χ1v) is 10.2. The van der Waals surface area contributed by atoms with E-state index in [1.807, 2.05) is 6.07 Å². The van der Waals surface area contributed by atoms with Crippen molar-refractivity contribution in [1.29, 1.82) is 0 Å². The third kappa shape index (κ3) is 5.71. The van der Waals surface area contributed by atoms with E-state index in [0.29, 0.717) is 0 Å². The van der Waals surface area contributed by atoms with Gasteiger partial charge in [0.1, 0.15) is 31.6 Å². The van der Waals surface area contributed by atoms with Crippen LogP contribution in [0.15, 0.2) is 66.6 Å². The monoisotopic (exact) mass is 370 g/mol. The molecular weight excluding hydrogens is 342 g/mol. The molecular formula is C21H28N3OS+. The molecule has 0 radical (unpaired) electrons. The number of nitrogens with one attached hydrogen (secondary N) is 1. The first kappa shape index (κ1) is 18.7. The Kier molecular flexibility index (Phi) is 7.28. The molecule has 0 aliphatic carbocycles. The van der Waals surface area contributed by atoms with Gasteiger partial charge < -0.3 is 10.1 Å². The minimum atomic E-state index is 0.129. The van der Waals surface area contributed by atoms with Gasteiger partial charge >= 0.3 is 0 Å². The van der Waals surface area contributed by atoms with Crippen molar-refractivity contribution in [2.75, 3.05) is 18.5 Å². The molecule has 0 saturated heterocycles. The van der Waals surface area contributed by atoms with Crippen LogP contribution in [0.1, 0.15) is 30.7 Å². The van der Waals surface area contributed by atoms with Crippen LogP contribution in [0.4, 0.5) is 5.69 Å². The molecule has 0 aliphatic heterocycles. The summed E-state index contributed by atoms with van der Waals surface area (Å²) in [6.45, 7) is 5.70. The van der Waals surface area contributed by atoms with Crippen molar-refractivity contribution in [2.24, 2.45) is 0 Å². The highest BCUT2D eigenvalue weighted by Crippen LogP contribution is 2.23. The number of rotatable bonds is 11. The number of nitrogens with zero attached hydrogens (tertiary/aromatic N) is 2. The van der Waals surface area contributed by atoms with Gasteiger partial charge in [0.2, 0.25) is 6.33 Å². The van der Waals surface area contributed by atoms with Gasteiger partial charge in [-0.2, -0.15) is 0 Å². The van der Waals surface area contributed by atoms with Crippen molar-refractivity contribution in [3.63, 3.8) is 0 Å².